The van der Waals surface area contributed by atoms with Crippen molar-refractivity contribution in [3.05, 3.63) is 54.1 Å². The Morgan fingerprint density at radius 3 is 2.50 bits per heavy atom. The van der Waals surface area contributed by atoms with Crippen LogP contribution in [0.4, 0.5) is 0 Å². The third-order valence-electron chi connectivity index (χ3n) is 3.46. The second kappa shape index (κ2) is 6.23. The van der Waals surface area contributed by atoms with Gasteiger partial charge in [-0.3, -0.25) is 0 Å². The molecule has 20 heavy (non-hydrogen) atoms. The van der Waals surface area contributed by atoms with Gasteiger partial charge < -0.3 is 5.32 Å². The molecule has 0 saturated heterocycles. The lowest BCUT2D eigenvalue weighted by molar-refractivity contribution is 0.431. The van der Waals surface area contributed by atoms with Gasteiger partial charge in [0.05, 0.1) is 0 Å². The SMILES string of the molecule is CC(=CCCNC(C)(C)C)c1cccc2ccccc12. The van der Waals surface area contributed by atoms with E-state index in [9.17, 15) is 0 Å². The quantitative estimate of drug-likeness (QED) is 0.767. The van der Waals surface area contributed by atoms with Crippen LogP contribution in [-0.2, 0) is 0 Å². The van der Waals surface area contributed by atoms with Crippen LogP contribution in [0.3, 0.4) is 0 Å². The van der Waals surface area contributed by atoms with Gasteiger partial charge in [0, 0.05) is 5.54 Å². The standard InChI is InChI=1S/C19H25N/c1-15(9-8-14-20-19(2,3)4)17-13-7-11-16-10-5-6-12-18(16)17/h5-7,9-13,20H,8,14H2,1-4H3. The number of hydrogen-bond donors (Lipinski definition) is 1. The first kappa shape index (κ1) is 14.8. The average Bonchev–Trinajstić information content (AvgIpc) is 2.41. The van der Waals surface area contributed by atoms with Crippen molar-refractivity contribution in [2.45, 2.75) is 39.7 Å². The Balaban J connectivity index is 2.13. The van der Waals surface area contributed by atoms with Gasteiger partial charge in [-0.05, 0) is 62.6 Å². The monoisotopic (exact) mass is 267 g/mol. The molecule has 1 nitrogen and oxygen atoms in total. The summed E-state index contributed by atoms with van der Waals surface area (Å²) in [7, 11) is 0. The van der Waals surface area contributed by atoms with Gasteiger partial charge in [0.2, 0.25) is 0 Å². The molecule has 0 fully saturated rings. The van der Waals surface area contributed by atoms with Crippen LogP contribution in [0.1, 0.15) is 39.7 Å². The van der Waals surface area contributed by atoms with E-state index in [0.717, 1.165) is 13.0 Å². The van der Waals surface area contributed by atoms with Crippen LogP contribution >= 0.6 is 0 Å². The third-order valence-corrected chi connectivity index (χ3v) is 3.46. The predicted molar refractivity (Wildman–Crippen MR) is 90.0 cm³/mol. The zero-order valence-electron chi connectivity index (χ0n) is 13.0. The first-order valence-electron chi connectivity index (χ1n) is 7.37. The Bertz CT molecular complexity index is 597. The minimum absolute atomic E-state index is 0.196. The summed E-state index contributed by atoms with van der Waals surface area (Å²) in [6.45, 7) is 9.83. The van der Waals surface area contributed by atoms with Gasteiger partial charge >= 0.3 is 0 Å². The molecular formula is C19H25N. The molecule has 0 radical (unpaired) electrons. The van der Waals surface area contributed by atoms with Gasteiger partial charge in [-0.1, -0.05) is 48.5 Å². The minimum atomic E-state index is 0.196. The molecular weight excluding hydrogens is 242 g/mol. The zero-order valence-corrected chi connectivity index (χ0v) is 13.0. The zero-order chi connectivity index (χ0) is 14.6. The van der Waals surface area contributed by atoms with Crippen LogP contribution in [0.2, 0.25) is 0 Å². The molecule has 0 saturated carbocycles. The second-order valence-corrected chi connectivity index (χ2v) is 6.38. The minimum Gasteiger partial charge on any atom is -0.312 e. The van der Waals surface area contributed by atoms with Crippen LogP contribution in [0, 0.1) is 0 Å². The smallest absolute Gasteiger partial charge is 0.00966 e. The Hall–Kier alpha value is -1.60. The van der Waals surface area contributed by atoms with Gasteiger partial charge in [0.1, 0.15) is 0 Å². The predicted octanol–water partition coefficient (Wildman–Crippen LogP) is 5.02. The average molecular weight is 267 g/mol. The van der Waals surface area contributed by atoms with E-state index in [1.807, 2.05) is 0 Å². The fourth-order valence-electron chi connectivity index (χ4n) is 2.42. The summed E-state index contributed by atoms with van der Waals surface area (Å²) in [5.41, 5.74) is 2.90. The molecule has 2 aromatic rings. The molecule has 0 aromatic heterocycles. The number of fused-ring (bicyclic) bond motifs is 1. The molecule has 0 unspecified atom stereocenters. The maximum Gasteiger partial charge on any atom is 0.00966 e. The van der Waals surface area contributed by atoms with Crippen molar-refractivity contribution < 1.29 is 0 Å². The van der Waals surface area contributed by atoms with Gasteiger partial charge in [-0.2, -0.15) is 0 Å². The van der Waals surface area contributed by atoms with Gasteiger partial charge in [0.25, 0.3) is 0 Å². The van der Waals surface area contributed by atoms with E-state index < -0.39 is 0 Å². The lowest BCUT2D eigenvalue weighted by Crippen LogP contribution is -2.36. The molecule has 0 aliphatic heterocycles. The van der Waals surface area contributed by atoms with E-state index in [0.29, 0.717) is 0 Å². The summed E-state index contributed by atoms with van der Waals surface area (Å²) in [6.07, 6.45) is 3.40. The Morgan fingerprint density at radius 1 is 1.05 bits per heavy atom. The fraction of sp³-hybridized carbons (Fsp3) is 0.368. The second-order valence-electron chi connectivity index (χ2n) is 6.38. The highest BCUT2D eigenvalue weighted by Gasteiger charge is 2.07. The lowest BCUT2D eigenvalue weighted by atomic mass is 9.98. The number of rotatable bonds is 4. The topological polar surface area (TPSA) is 12.0 Å². The molecule has 0 aliphatic carbocycles. The molecule has 1 heteroatoms. The fourth-order valence-corrected chi connectivity index (χ4v) is 2.42. The van der Waals surface area contributed by atoms with Crippen LogP contribution in [0.5, 0.6) is 0 Å². The van der Waals surface area contributed by atoms with E-state index in [-0.39, 0.29) is 5.54 Å². The summed E-state index contributed by atoms with van der Waals surface area (Å²) in [4.78, 5) is 0. The molecule has 0 spiro atoms. The summed E-state index contributed by atoms with van der Waals surface area (Å²) in [5.74, 6) is 0. The molecule has 106 valence electrons. The van der Waals surface area contributed by atoms with Crippen LogP contribution in [0.25, 0.3) is 16.3 Å². The normalized spacial score (nSPS) is 12.9. The summed E-state index contributed by atoms with van der Waals surface area (Å²) in [6, 6.07) is 15.1. The van der Waals surface area contributed by atoms with E-state index >= 15 is 0 Å². The number of nitrogens with one attached hydrogen (secondary N) is 1. The van der Waals surface area contributed by atoms with Crippen molar-refractivity contribution in [2.24, 2.45) is 0 Å². The summed E-state index contributed by atoms with van der Waals surface area (Å²) in [5, 5.41) is 6.17. The molecule has 0 bridgehead atoms. The highest BCUT2D eigenvalue weighted by Crippen LogP contribution is 2.24. The first-order chi connectivity index (χ1) is 9.47. The van der Waals surface area contributed by atoms with Crippen molar-refractivity contribution in [1.29, 1.82) is 0 Å². The van der Waals surface area contributed by atoms with Crippen LogP contribution in [0.15, 0.2) is 48.5 Å². The van der Waals surface area contributed by atoms with E-state index in [1.54, 1.807) is 0 Å². The maximum atomic E-state index is 3.52. The molecule has 2 aromatic carbocycles. The van der Waals surface area contributed by atoms with E-state index in [2.05, 4.69) is 81.6 Å². The van der Waals surface area contributed by atoms with Crippen molar-refractivity contribution in [3.63, 3.8) is 0 Å². The molecule has 0 aliphatic rings. The van der Waals surface area contributed by atoms with E-state index in [1.165, 1.54) is 21.9 Å². The van der Waals surface area contributed by atoms with Crippen LogP contribution in [-0.4, -0.2) is 12.1 Å². The van der Waals surface area contributed by atoms with Gasteiger partial charge in [-0.15, -0.1) is 0 Å². The number of benzene rings is 2. The highest BCUT2D eigenvalue weighted by molar-refractivity contribution is 5.93. The maximum absolute atomic E-state index is 3.52. The Morgan fingerprint density at radius 2 is 1.75 bits per heavy atom. The van der Waals surface area contributed by atoms with Crippen molar-refractivity contribution >= 4 is 16.3 Å². The first-order valence-corrected chi connectivity index (χ1v) is 7.37. The lowest BCUT2D eigenvalue weighted by Gasteiger charge is -2.19. The van der Waals surface area contributed by atoms with Crippen molar-refractivity contribution in [1.82, 2.24) is 5.32 Å². The van der Waals surface area contributed by atoms with Crippen LogP contribution < -0.4 is 5.32 Å². The van der Waals surface area contributed by atoms with E-state index in [4.69, 9.17) is 0 Å². The van der Waals surface area contributed by atoms with Crippen molar-refractivity contribution in [3.8, 4) is 0 Å². The number of hydrogen-bond acceptors (Lipinski definition) is 1. The molecule has 0 amide bonds. The Labute approximate surface area is 122 Å². The highest BCUT2D eigenvalue weighted by atomic mass is 14.9. The molecule has 0 atom stereocenters. The Kier molecular flexibility index (Phi) is 4.61. The van der Waals surface area contributed by atoms with Gasteiger partial charge in [0.15, 0.2) is 0 Å². The summed E-state index contributed by atoms with van der Waals surface area (Å²) < 4.78 is 0. The van der Waals surface area contributed by atoms with Gasteiger partial charge in [-0.25, -0.2) is 0 Å². The largest absolute Gasteiger partial charge is 0.312 e. The van der Waals surface area contributed by atoms with Crippen molar-refractivity contribution in [2.75, 3.05) is 6.54 Å². The summed E-state index contributed by atoms with van der Waals surface area (Å²) >= 11 is 0. The number of allylic oxidation sites excluding steroid dienone is 1. The molecule has 2 rings (SSSR count). The molecule has 1 N–H and O–H groups in total. The molecule has 0 heterocycles. The third kappa shape index (κ3) is 3.94.